The molecule has 3 aliphatic rings. The first kappa shape index (κ1) is 43.3. The van der Waals surface area contributed by atoms with Crippen LogP contribution in [0.15, 0.2) is 76.5 Å². The van der Waals surface area contributed by atoms with E-state index in [4.69, 9.17) is 0 Å². The van der Waals surface area contributed by atoms with E-state index in [1.54, 1.807) is 0 Å². The van der Waals surface area contributed by atoms with Gasteiger partial charge in [0.05, 0.1) is 0 Å². The molecular weight excluding hydrogens is 627 g/mol. The summed E-state index contributed by atoms with van der Waals surface area (Å²) in [5.41, 5.74) is 9.83. The molecule has 0 saturated carbocycles. The number of allylic oxidation sites excluding steroid dienone is 14. The topological polar surface area (TPSA) is 0 Å². The molecule has 0 aromatic rings. The first-order chi connectivity index (χ1) is 16.4. The summed E-state index contributed by atoms with van der Waals surface area (Å²) >= 11 is 0. The van der Waals surface area contributed by atoms with Crippen molar-refractivity contribution < 1.29 is 26.2 Å². The maximum atomic E-state index is 4.14. The number of halogens is 2. The van der Waals surface area contributed by atoms with Gasteiger partial charge in [-0.15, -0.1) is 44.6 Å². The van der Waals surface area contributed by atoms with Crippen LogP contribution in [0, 0.1) is 23.6 Å². The van der Waals surface area contributed by atoms with Gasteiger partial charge in [-0.2, -0.15) is 23.3 Å². The minimum Gasteiger partial charge on any atom is -0.269 e. The summed E-state index contributed by atoms with van der Waals surface area (Å²) in [6.07, 6.45) is 22.9. The molecule has 5 heteroatoms. The van der Waals surface area contributed by atoms with Gasteiger partial charge in [0.2, 0.25) is 0 Å². The standard InChI is InChI=1S/2C12H19Si.C10H15.2ClH.Zr/c2*1-11(10-13(2,3)4)9-12-7-5-6-8-12;1-7-6-10(4,5)9(3)8(7)2;;;/h2*5,7H,1,6,9-10H2,2-4H3;1-5H3;2*1H;/q3*-1;;;+3. The van der Waals surface area contributed by atoms with Gasteiger partial charge in [-0.05, 0) is 24.9 Å². The predicted octanol–water partition coefficient (Wildman–Crippen LogP) is 11.9. The van der Waals surface area contributed by atoms with E-state index in [-0.39, 0.29) is 56.4 Å². The molecule has 0 amide bonds. The third kappa shape index (κ3) is 18.8. The van der Waals surface area contributed by atoms with Crippen LogP contribution < -0.4 is 0 Å². The van der Waals surface area contributed by atoms with Crippen LogP contribution in [0.5, 0.6) is 0 Å². The second kappa shape index (κ2) is 19.1. The van der Waals surface area contributed by atoms with Crippen molar-refractivity contribution in [2.75, 3.05) is 0 Å². The molecule has 0 aromatic carbocycles. The molecule has 1 radical (unpaired) electrons. The molecule has 3 rings (SSSR count). The Morgan fingerprint density at radius 1 is 0.769 bits per heavy atom. The van der Waals surface area contributed by atoms with Gasteiger partial charge in [-0.1, -0.05) is 96.7 Å². The molecular formula is C34H55Cl2Si2Zr. The molecule has 0 aromatic heterocycles. The fraction of sp³-hybridized carbons (Fsp3) is 0.529. The Bertz CT molecular complexity index is 935. The molecule has 0 N–H and O–H groups in total. The number of hydrogen-bond donors (Lipinski definition) is 0. The van der Waals surface area contributed by atoms with Crippen molar-refractivity contribution in [2.24, 2.45) is 5.41 Å². The molecule has 0 nitrogen and oxygen atoms in total. The van der Waals surface area contributed by atoms with Crippen molar-refractivity contribution >= 4 is 41.0 Å². The molecule has 0 heterocycles. The predicted molar refractivity (Wildman–Crippen MR) is 184 cm³/mol. The van der Waals surface area contributed by atoms with Crippen molar-refractivity contribution in [3.63, 3.8) is 0 Å². The molecule has 39 heavy (non-hydrogen) atoms. The Kier molecular flexibility index (Phi) is 21.2. The van der Waals surface area contributed by atoms with Gasteiger partial charge in [-0.25, -0.2) is 28.9 Å². The van der Waals surface area contributed by atoms with Crippen molar-refractivity contribution in [2.45, 2.75) is 112 Å². The quantitative estimate of drug-likeness (QED) is 0.136. The van der Waals surface area contributed by atoms with Crippen LogP contribution in [-0.2, 0) is 26.2 Å². The maximum Gasteiger partial charge on any atom is 3.00 e. The fourth-order valence-electron chi connectivity index (χ4n) is 4.71. The van der Waals surface area contributed by atoms with Crippen molar-refractivity contribution in [3.05, 3.63) is 94.7 Å². The summed E-state index contributed by atoms with van der Waals surface area (Å²) in [6.45, 7) is 33.5. The summed E-state index contributed by atoms with van der Waals surface area (Å²) < 4.78 is 0. The third-order valence-electron chi connectivity index (χ3n) is 6.54. The first-order valence-corrected chi connectivity index (χ1v) is 21.0. The minimum atomic E-state index is -0.957. The Morgan fingerprint density at radius 2 is 1.13 bits per heavy atom. The molecule has 0 fully saturated rings. The summed E-state index contributed by atoms with van der Waals surface area (Å²) in [7, 11) is -1.91. The van der Waals surface area contributed by atoms with Gasteiger partial charge in [0, 0.05) is 16.1 Å². The molecule has 3 aliphatic carbocycles. The minimum absolute atomic E-state index is 0. The second-order valence-electron chi connectivity index (χ2n) is 13.6. The largest absolute Gasteiger partial charge is 3.00 e. The van der Waals surface area contributed by atoms with Crippen LogP contribution in [0.1, 0.15) is 60.3 Å². The van der Waals surface area contributed by atoms with E-state index in [9.17, 15) is 0 Å². The Morgan fingerprint density at radius 3 is 1.31 bits per heavy atom. The zero-order chi connectivity index (χ0) is 27.7. The second-order valence-corrected chi connectivity index (χ2v) is 24.5. The van der Waals surface area contributed by atoms with Crippen molar-refractivity contribution in [1.29, 1.82) is 0 Å². The molecule has 0 bridgehead atoms. The fourth-order valence-corrected chi connectivity index (χ4v) is 7.96. The maximum absolute atomic E-state index is 4.14. The van der Waals surface area contributed by atoms with E-state index in [0.29, 0.717) is 0 Å². The van der Waals surface area contributed by atoms with Gasteiger partial charge >= 0.3 is 26.2 Å². The van der Waals surface area contributed by atoms with Crippen LogP contribution in [0.25, 0.3) is 0 Å². The van der Waals surface area contributed by atoms with Crippen LogP contribution in [0.4, 0.5) is 0 Å². The normalized spacial score (nSPS) is 16.7. The van der Waals surface area contributed by atoms with Crippen LogP contribution in [-0.4, -0.2) is 16.1 Å². The molecule has 217 valence electrons. The van der Waals surface area contributed by atoms with Crippen molar-refractivity contribution in [1.82, 2.24) is 0 Å². The number of hydrogen-bond acceptors (Lipinski definition) is 0. The number of rotatable bonds is 8. The van der Waals surface area contributed by atoms with Crippen LogP contribution in [0.3, 0.4) is 0 Å². The van der Waals surface area contributed by atoms with Gasteiger partial charge < -0.3 is 0 Å². The van der Waals surface area contributed by atoms with Crippen LogP contribution in [0.2, 0.25) is 51.4 Å². The average molecular weight is 682 g/mol. The van der Waals surface area contributed by atoms with Gasteiger partial charge in [0.15, 0.2) is 0 Å². The zero-order valence-corrected chi connectivity index (χ0v) is 32.9. The summed E-state index contributed by atoms with van der Waals surface area (Å²) in [5, 5.41) is 0. The smallest absolute Gasteiger partial charge is 0.269 e. The Labute approximate surface area is 277 Å². The zero-order valence-electron chi connectivity index (χ0n) is 26.8. The molecule has 0 saturated heterocycles. The van der Waals surface area contributed by atoms with Gasteiger partial charge in [-0.3, -0.25) is 18.2 Å². The van der Waals surface area contributed by atoms with Gasteiger partial charge in [0.1, 0.15) is 0 Å². The Balaban J connectivity index is -0.000000484. The molecule has 0 atom stereocenters. The Hall–Kier alpha value is -0.183. The molecule has 0 unspecified atom stereocenters. The summed E-state index contributed by atoms with van der Waals surface area (Å²) in [4.78, 5) is 0. The van der Waals surface area contributed by atoms with Crippen LogP contribution >= 0.6 is 24.8 Å². The van der Waals surface area contributed by atoms with E-state index in [1.807, 2.05) is 0 Å². The first-order valence-electron chi connectivity index (χ1n) is 13.6. The van der Waals surface area contributed by atoms with E-state index >= 15 is 0 Å². The van der Waals surface area contributed by atoms with Gasteiger partial charge in [0.25, 0.3) is 0 Å². The SMILES string of the molecule is C=C(CC1=[C-]CC=C1)C[Si](C)(C)C.C=C(CC1=[C-]CC=C1)C[Si](C)(C)C.CC1=[C-]C(C)(C)C(C)=C1C.Cl.Cl.[Zr+3]. The monoisotopic (exact) mass is 679 g/mol. The van der Waals surface area contributed by atoms with E-state index in [1.165, 1.54) is 51.1 Å². The average Bonchev–Trinajstić information content (AvgIpc) is 3.41. The summed E-state index contributed by atoms with van der Waals surface area (Å²) in [6, 6.07) is 2.48. The molecule has 0 aliphatic heterocycles. The summed E-state index contributed by atoms with van der Waals surface area (Å²) in [5.74, 6) is 0. The van der Waals surface area contributed by atoms with E-state index in [2.05, 4.69) is 130 Å². The van der Waals surface area contributed by atoms with Crippen molar-refractivity contribution in [3.8, 4) is 0 Å². The third-order valence-corrected chi connectivity index (χ3v) is 9.66. The van der Waals surface area contributed by atoms with E-state index < -0.39 is 16.1 Å². The van der Waals surface area contributed by atoms with E-state index in [0.717, 1.165) is 25.7 Å². The molecule has 0 spiro atoms.